The van der Waals surface area contributed by atoms with Gasteiger partial charge < -0.3 is 0 Å². The van der Waals surface area contributed by atoms with E-state index in [1.54, 1.807) is 0 Å². The average molecular weight is 178 g/mol. The summed E-state index contributed by atoms with van der Waals surface area (Å²) in [6.45, 7) is 0. The van der Waals surface area contributed by atoms with Gasteiger partial charge in [-0.05, 0) is 4.73 Å². The molecule has 60 valence electrons. The van der Waals surface area contributed by atoms with Crippen molar-refractivity contribution < 1.29 is 22.0 Å². The largest absolute Gasteiger partial charge is 0.476 e. The second-order valence-corrected chi connectivity index (χ2v) is 2.51. The van der Waals surface area contributed by atoms with Crippen LogP contribution in [-0.2, 0) is 10.4 Å². The summed E-state index contributed by atoms with van der Waals surface area (Å²) < 4.78 is 32.8. The highest BCUT2D eigenvalue weighted by atomic mass is 32.3. The van der Waals surface area contributed by atoms with Gasteiger partial charge in [0, 0.05) is 0 Å². The van der Waals surface area contributed by atoms with E-state index in [1.165, 1.54) is 6.33 Å². The molecule has 0 radical (unpaired) electrons. The van der Waals surface area contributed by atoms with E-state index in [2.05, 4.69) is 14.3 Å². The van der Waals surface area contributed by atoms with E-state index in [0.29, 0.717) is 4.73 Å². The number of hydrogen-bond donors (Lipinski definition) is 1. The van der Waals surface area contributed by atoms with Crippen LogP contribution in [0.2, 0.25) is 0 Å². The molecule has 0 spiro atoms. The van der Waals surface area contributed by atoms with Crippen molar-refractivity contribution in [2.75, 3.05) is 0 Å². The van der Waals surface area contributed by atoms with E-state index < -0.39 is 10.4 Å². The molecule has 0 unspecified atom stereocenters. The van der Waals surface area contributed by atoms with Gasteiger partial charge in [0.25, 0.3) is 19.0 Å². The van der Waals surface area contributed by atoms with Crippen molar-refractivity contribution >= 4 is 10.4 Å². The maximum Gasteiger partial charge on any atom is 0.476 e. The van der Waals surface area contributed by atoms with Crippen molar-refractivity contribution in [1.29, 1.82) is 0 Å². The third-order valence-electron chi connectivity index (χ3n) is 0.675. The summed E-state index contributed by atoms with van der Waals surface area (Å²) in [5.74, 6) is 0. The van der Waals surface area contributed by atoms with Gasteiger partial charge in [0.15, 0.2) is 0 Å². The van der Waals surface area contributed by atoms with Crippen LogP contribution in [0.1, 0.15) is 0 Å². The summed E-state index contributed by atoms with van der Waals surface area (Å²) >= 11 is 0. The lowest BCUT2D eigenvalue weighted by atomic mass is 11.1. The molecule has 0 aliphatic heterocycles. The van der Waals surface area contributed by atoms with Crippen LogP contribution in [0.3, 0.4) is 0 Å². The van der Waals surface area contributed by atoms with Crippen molar-refractivity contribution in [3.8, 4) is 0 Å². The van der Waals surface area contributed by atoms with Crippen LogP contribution in [0.5, 0.6) is 0 Å². The molecule has 0 saturated heterocycles. The Kier molecular flexibility index (Phi) is 1.96. The van der Waals surface area contributed by atoms with E-state index in [-0.39, 0.29) is 0 Å². The quantitative estimate of drug-likeness (QED) is 0.415. The number of rotatable bonds is 2. The van der Waals surface area contributed by atoms with Crippen LogP contribution in [0.4, 0.5) is 0 Å². The molecule has 11 heavy (non-hydrogen) atoms. The molecule has 1 heterocycles. The third kappa shape index (κ3) is 2.87. The van der Waals surface area contributed by atoms with E-state index in [0.717, 1.165) is 12.7 Å². The molecule has 1 rings (SSSR count). The van der Waals surface area contributed by atoms with Crippen molar-refractivity contribution in [3.05, 3.63) is 19.0 Å². The summed E-state index contributed by atoms with van der Waals surface area (Å²) in [6.07, 6.45) is 3.24. The number of aromatic nitrogens is 3. The lowest BCUT2D eigenvalue weighted by Gasteiger charge is -1.93. The first kappa shape index (κ1) is 7.82. The number of nitrogens with zero attached hydrogens (tertiary/aromatic N) is 3. The summed E-state index contributed by atoms with van der Waals surface area (Å²) in [7, 11) is -4.49. The minimum Gasteiger partial charge on any atom is -0.252 e. The molecule has 0 atom stereocenters. The van der Waals surface area contributed by atoms with Crippen molar-refractivity contribution in [1.82, 2.24) is 9.97 Å². The summed E-state index contributed by atoms with van der Waals surface area (Å²) in [6, 6.07) is 0. The SMILES string of the molecule is O=S(=O)(O)O[n+]1cncnc1. The van der Waals surface area contributed by atoms with Gasteiger partial charge in [-0.15, -0.1) is 0 Å². The molecular formula is C3H4N3O4S+. The highest BCUT2D eigenvalue weighted by Crippen LogP contribution is 1.70. The first-order valence-electron chi connectivity index (χ1n) is 2.41. The maximum atomic E-state index is 10.1. The van der Waals surface area contributed by atoms with Crippen molar-refractivity contribution in [2.24, 2.45) is 0 Å². The van der Waals surface area contributed by atoms with E-state index >= 15 is 0 Å². The van der Waals surface area contributed by atoms with Gasteiger partial charge in [0.1, 0.15) is 0 Å². The van der Waals surface area contributed by atoms with Gasteiger partial charge in [0.2, 0.25) is 0 Å². The molecule has 1 aromatic rings. The number of hydrogen-bond acceptors (Lipinski definition) is 5. The molecule has 0 fully saturated rings. The zero-order valence-corrected chi connectivity index (χ0v) is 5.97. The minimum atomic E-state index is -4.49. The Labute approximate surface area is 62.2 Å². The van der Waals surface area contributed by atoms with Crippen molar-refractivity contribution in [2.45, 2.75) is 0 Å². The summed E-state index contributed by atoms with van der Waals surface area (Å²) in [5.41, 5.74) is 0. The molecular weight excluding hydrogens is 174 g/mol. The molecule has 1 aromatic heterocycles. The van der Waals surface area contributed by atoms with Crippen molar-refractivity contribution in [3.63, 3.8) is 0 Å². The fourth-order valence-corrected chi connectivity index (χ4v) is 0.701. The highest BCUT2D eigenvalue weighted by molar-refractivity contribution is 7.80. The Balaban J connectivity index is 2.82. The standard InChI is InChI=1S/C3H3N3O4S/c7-11(8,9)10-6-2-4-1-5-3-6/h1-3H/p+1. The third-order valence-corrected chi connectivity index (χ3v) is 1.04. The normalized spacial score (nSPS) is 11.0. The second kappa shape index (κ2) is 2.76. The molecule has 8 heteroatoms. The fourth-order valence-electron chi connectivity index (χ4n) is 0.407. The zero-order valence-electron chi connectivity index (χ0n) is 5.15. The lowest BCUT2D eigenvalue weighted by molar-refractivity contribution is -0.861. The highest BCUT2D eigenvalue weighted by Gasteiger charge is 2.08. The van der Waals surface area contributed by atoms with E-state index in [9.17, 15) is 8.42 Å². The maximum absolute atomic E-state index is 10.1. The van der Waals surface area contributed by atoms with Crippen LogP contribution in [0.25, 0.3) is 0 Å². The van der Waals surface area contributed by atoms with Gasteiger partial charge >= 0.3 is 10.4 Å². The van der Waals surface area contributed by atoms with Gasteiger partial charge in [0.05, 0.1) is 0 Å². The smallest absolute Gasteiger partial charge is 0.252 e. The van der Waals surface area contributed by atoms with Crippen LogP contribution < -0.4 is 9.01 Å². The monoisotopic (exact) mass is 178 g/mol. The zero-order chi connectivity index (χ0) is 8.32. The molecule has 0 bridgehead atoms. The topological polar surface area (TPSA) is 93.3 Å². The predicted molar refractivity (Wildman–Crippen MR) is 30.4 cm³/mol. The Hall–Kier alpha value is -1.28. The van der Waals surface area contributed by atoms with E-state index in [4.69, 9.17) is 4.55 Å². The molecule has 1 N–H and O–H groups in total. The average Bonchev–Trinajstić information content (AvgIpc) is 1.85. The van der Waals surface area contributed by atoms with Crippen LogP contribution in [0.15, 0.2) is 19.0 Å². The minimum absolute atomic E-state index is 0.648. The molecule has 0 saturated carbocycles. The van der Waals surface area contributed by atoms with Gasteiger partial charge in [-0.3, -0.25) is 4.55 Å². The van der Waals surface area contributed by atoms with Crippen LogP contribution >= 0.6 is 0 Å². The van der Waals surface area contributed by atoms with Gasteiger partial charge in [-0.25, -0.2) is 4.28 Å². The Morgan fingerprint density at radius 3 is 2.36 bits per heavy atom. The van der Waals surface area contributed by atoms with Crippen LogP contribution in [0, 0.1) is 0 Å². The molecule has 0 aliphatic rings. The summed E-state index contributed by atoms with van der Waals surface area (Å²) in [4.78, 5) is 6.84. The van der Waals surface area contributed by atoms with Gasteiger partial charge in [-0.1, -0.05) is 9.97 Å². The Bertz CT molecular complexity index is 322. The molecule has 7 nitrogen and oxygen atoms in total. The first-order valence-corrected chi connectivity index (χ1v) is 3.78. The predicted octanol–water partition coefficient (Wildman–Crippen LogP) is -2.00. The molecule has 0 amide bonds. The Morgan fingerprint density at radius 1 is 1.36 bits per heavy atom. The second-order valence-electron chi connectivity index (χ2n) is 1.51. The fraction of sp³-hybridized carbons (Fsp3) is 0. The molecule has 0 aromatic carbocycles. The first-order chi connectivity index (χ1) is 5.08. The summed E-state index contributed by atoms with van der Waals surface area (Å²) in [5, 5.41) is 0. The van der Waals surface area contributed by atoms with E-state index in [1.807, 2.05) is 0 Å². The Morgan fingerprint density at radius 2 is 1.91 bits per heavy atom. The van der Waals surface area contributed by atoms with Gasteiger partial charge in [-0.2, -0.15) is 8.42 Å². The molecule has 0 aliphatic carbocycles. The lowest BCUT2D eigenvalue weighted by Crippen LogP contribution is -2.45. The van der Waals surface area contributed by atoms with Crippen LogP contribution in [-0.4, -0.2) is 22.9 Å².